The molecule has 0 aliphatic rings. The fraction of sp³-hybridized carbons (Fsp3) is 0.190. The molecular weight excluding hydrogens is 368 g/mol. The molecule has 29 heavy (non-hydrogen) atoms. The minimum absolute atomic E-state index is 0.0856. The predicted octanol–water partition coefficient (Wildman–Crippen LogP) is 2.87. The van der Waals surface area contributed by atoms with Crippen LogP contribution in [-0.4, -0.2) is 30.9 Å². The zero-order chi connectivity index (χ0) is 20.1. The maximum atomic E-state index is 12.2. The van der Waals surface area contributed by atoms with E-state index in [9.17, 15) is 4.79 Å². The summed E-state index contributed by atoms with van der Waals surface area (Å²) in [7, 11) is 0. The van der Waals surface area contributed by atoms with Crippen LogP contribution in [0, 0.1) is 6.92 Å². The lowest BCUT2D eigenvalue weighted by Crippen LogP contribution is -2.23. The molecule has 1 N–H and O–H groups in total. The van der Waals surface area contributed by atoms with Crippen molar-refractivity contribution in [2.24, 2.45) is 0 Å². The van der Waals surface area contributed by atoms with Crippen molar-refractivity contribution in [3.05, 3.63) is 78.1 Å². The van der Waals surface area contributed by atoms with E-state index in [1.165, 1.54) is 0 Å². The number of carbonyl (C=O) groups is 1. The highest BCUT2D eigenvalue weighted by Crippen LogP contribution is 2.18. The van der Waals surface area contributed by atoms with Crippen LogP contribution >= 0.6 is 0 Å². The van der Waals surface area contributed by atoms with E-state index in [0.717, 1.165) is 16.7 Å². The van der Waals surface area contributed by atoms with Crippen LogP contribution in [0.4, 0.5) is 0 Å². The van der Waals surface area contributed by atoms with Gasteiger partial charge in [0.25, 0.3) is 0 Å². The number of rotatable bonds is 7. The van der Waals surface area contributed by atoms with Crippen molar-refractivity contribution in [3.63, 3.8) is 0 Å². The normalized spacial score (nSPS) is 10.8. The summed E-state index contributed by atoms with van der Waals surface area (Å²) in [6.45, 7) is 2.43. The van der Waals surface area contributed by atoms with Gasteiger partial charge in [-0.3, -0.25) is 4.79 Å². The third-order valence-electron chi connectivity index (χ3n) is 4.37. The van der Waals surface area contributed by atoms with Crippen molar-refractivity contribution >= 4 is 5.91 Å². The van der Waals surface area contributed by atoms with Crippen molar-refractivity contribution in [2.45, 2.75) is 26.3 Å². The van der Waals surface area contributed by atoms with E-state index in [0.29, 0.717) is 30.6 Å². The highest BCUT2D eigenvalue weighted by Gasteiger charge is 2.11. The van der Waals surface area contributed by atoms with Gasteiger partial charge >= 0.3 is 0 Å². The molecule has 3 aromatic heterocycles. The summed E-state index contributed by atoms with van der Waals surface area (Å²) in [5, 5.41) is 15.1. The topological polar surface area (TPSA) is 98.7 Å². The van der Waals surface area contributed by atoms with Gasteiger partial charge in [0.15, 0.2) is 5.82 Å². The van der Waals surface area contributed by atoms with Gasteiger partial charge in [0.1, 0.15) is 0 Å². The van der Waals surface area contributed by atoms with E-state index in [1.54, 1.807) is 17.1 Å². The molecule has 0 bridgehead atoms. The summed E-state index contributed by atoms with van der Waals surface area (Å²) in [4.78, 5) is 16.5. The molecule has 0 radical (unpaired) electrons. The molecule has 8 nitrogen and oxygen atoms in total. The molecule has 0 aliphatic carbocycles. The molecule has 8 heteroatoms. The van der Waals surface area contributed by atoms with E-state index in [4.69, 9.17) is 4.42 Å². The lowest BCUT2D eigenvalue weighted by molar-refractivity contribution is -0.121. The van der Waals surface area contributed by atoms with Crippen LogP contribution in [0.3, 0.4) is 0 Å². The minimum atomic E-state index is -0.0856. The Balaban J connectivity index is 1.29. The van der Waals surface area contributed by atoms with Gasteiger partial charge in [-0.25, -0.2) is 9.67 Å². The van der Waals surface area contributed by atoms with Crippen LogP contribution < -0.4 is 5.32 Å². The first-order valence-electron chi connectivity index (χ1n) is 9.28. The molecule has 1 aromatic carbocycles. The maximum absolute atomic E-state index is 12.2. The molecule has 0 spiro atoms. The Bertz CT molecular complexity index is 1090. The van der Waals surface area contributed by atoms with Gasteiger partial charge in [-0.15, -0.1) is 10.2 Å². The number of amides is 1. The van der Waals surface area contributed by atoms with E-state index < -0.39 is 0 Å². The second-order valence-corrected chi connectivity index (χ2v) is 6.62. The van der Waals surface area contributed by atoms with Crippen LogP contribution in [0.5, 0.6) is 0 Å². The van der Waals surface area contributed by atoms with Crippen molar-refractivity contribution in [1.29, 1.82) is 0 Å². The smallest absolute Gasteiger partial charge is 0.247 e. The largest absolute Gasteiger partial charge is 0.421 e. The summed E-state index contributed by atoms with van der Waals surface area (Å²) >= 11 is 0. The molecule has 0 saturated heterocycles. The van der Waals surface area contributed by atoms with E-state index >= 15 is 0 Å². The highest BCUT2D eigenvalue weighted by atomic mass is 16.4. The number of hydrogen-bond acceptors (Lipinski definition) is 6. The third kappa shape index (κ3) is 4.73. The van der Waals surface area contributed by atoms with Crippen molar-refractivity contribution < 1.29 is 9.21 Å². The fourth-order valence-electron chi connectivity index (χ4n) is 2.78. The summed E-state index contributed by atoms with van der Waals surface area (Å²) < 4.78 is 7.33. The third-order valence-corrected chi connectivity index (χ3v) is 4.37. The van der Waals surface area contributed by atoms with Crippen LogP contribution in [-0.2, 0) is 17.8 Å². The summed E-state index contributed by atoms with van der Waals surface area (Å²) in [5.41, 5.74) is 2.97. The number of carbonyl (C=O) groups excluding carboxylic acids is 1. The molecule has 4 aromatic rings. The van der Waals surface area contributed by atoms with Gasteiger partial charge in [-0.05, 0) is 42.8 Å². The molecule has 0 fully saturated rings. The van der Waals surface area contributed by atoms with Crippen LogP contribution in [0.1, 0.15) is 23.4 Å². The van der Waals surface area contributed by atoms with Crippen molar-refractivity contribution in [2.75, 3.05) is 0 Å². The monoisotopic (exact) mass is 388 g/mol. The van der Waals surface area contributed by atoms with Gasteiger partial charge in [0, 0.05) is 43.5 Å². The van der Waals surface area contributed by atoms with Gasteiger partial charge in [-0.2, -0.15) is 5.10 Å². The lowest BCUT2D eigenvalue weighted by atomic mass is 10.1. The predicted molar refractivity (Wildman–Crippen MR) is 106 cm³/mol. The number of aromatic nitrogens is 5. The molecule has 4 rings (SSSR count). The van der Waals surface area contributed by atoms with E-state index in [-0.39, 0.29) is 12.3 Å². The van der Waals surface area contributed by atoms with E-state index in [1.807, 2.05) is 55.6 Å². The molecule has 0 atom stereocenters. The average molecular weight is 388 g/mol. The summed E-state index contributed by atoms with van der Waals surface area (Å²) in [6.07, 6.45) is 5.87. The quantitative estimate of drug-likeness (QED) is 0.523. The molecule has 3 heterocycles. The van der Waals surface area contributed by atoms with Crippen molar-refractivity contribution in [3.8, 4) is 17.3 Å². The Morgan fingerprint density at radius 2 is 2.00 bits per heavy atom. The molecule has 1 amide bonds. The zero-order valence-electron chi connectivity index (χ0n) is 15.9. The van der Waals surface area contributed by atoms with Crippen molar-refractivity contribution in [1.82, 2.24) is 30.3 Å². The highest BCUT2D eigenvalue weighted by molar-refractivity contribution is 5.76. The van der Waals surface area contributed by atoms with Gasteiger partial charge in [0.2, 0.25) is 17.7 Å². The molecular formula is C21H20N6O2. The number of nitrogens with zero attached hydrogens (tertiary/aromatic N) is 5. The minimum Gasteiger partial charge on any atom is -0.421 e. The first-order chi connectivity index (χ1) is 14.2. The van der Waals surface area contributed by atoms with Crippen LogP contribution in [0.25, 0.3) is 17.3 Å². The van der Waals surface area contributed by atoms with Crippen LogP contribution in [0.2, 0.25) is 0 Å². The first kappa shape index (κ1) is 18.5. The van der Waals surface area contributed by atoms with E-state index in [2.05, 4.69) is 25.6 Å². The number of benzene rings is 1. The summed E-state index contributed by atoms with van der Waals surface area (Å²) in [6, 6.07) is 13.4. The molecule has 0 unspecified atom stereocenters. The Morgan fingerprint density at radius 3 is 2.79 bits per heavy atom. The second-order valence-electron chi connectivity index (χ2n) is 6.62. The number of pyridine rings is 1. The van der Waals surface area contributed by atoms with Gasteiger partial charge in [0.05, 0.1) is 0 Å². The Hall–Kier alpha value is -3.81. The Labute approximate surface area is 167 Å². The average Bonchev–Trinajstić information content (AvgIpc) is 3.44. The molecule has 146 valence electrons. The number of nitrogens with one attached hydrogen (secondary N) is 1. The zero-order valence-corrected chi connectivity index (χ0v) is 15.9. The Morgan fingerprint density at radius 1 is 1.14 bits per heavy atom. The molecule has 0 aliphatic heterocycles. The maximum Gasteiger partial charge on any atom is 0.247 e. The Kier molecular flexibility index (Phi) is 5.42. The lowest BCUT2D eigenvalue weighted by Gasteiger charge is -2.06. The SMILES string of the molecule is Cc1ccc(-c2nnc(CCC(=O)NCc3ccnc(-n4cccn4)c3)o2)cc1. The standard InChI is InChI=1S/C21H20N6O2/c1-15-3-5-17(6-4-15)21-26-25-20(29-21)8-7-19(28)23-14-16-9-11-22-18(13-16)27-12-2-10-24-27/h2-6,9-13H,7-8,14H2,1H3,(H,23,28). The first-order valence-corrected chi connectivity index (χ1v) is 9.28. The molecule has 0 saturated carbocycles. The van der Waals surface area contributed by atoms with Gasteiger partial charge < -0.3 is 9.73 Å². The van der Waals surface area contributed by atoms with Crippen LogP contribution in [0.15, 0.2) is 65.5 Å². The number of aryl methyl sites for hydroxylation is 2. The fourth-order valence-corrected chi connectivity index (χ4v) is 2.78. The summed E-state index contributed by atoms with van der Waals surface area (Å²) in [5.74, 6) is 1.53. The number of hydrogen-bond donors (Lipinski definition) is 1. The van der Waals surface area contributed by atoms with Gasteiger partial charge in [-0.1, -0.05) is 17.7 Å². The second kappa shape index (κ2) is 8.47.